The van der Waals surface area contributed by atoms with Gasteiger partial charge < -0.3 is 14.7 Å². The fourth-order valence-electron chi connectivity index (χ4n) is 2.57. The summed E-state index contributed by atoms with van der Waals surface area (Å²) in [6.07, 6.45) is 1.26. The number of carboxylic acids is 1. The molecule has 108 valence electrons. The molecule has 0 aliphatic carbocycles. The highest BCUT2D eigenvalue weighted by Gasteiger charge is 2.35. The number of likely N-dealkylation sites (N-methyl/N-ethyl adjacent to an activating group) is 1. The molecule has 1 aliphatic heterocycles. The molecule has 20 heavy (non-hydrogen) atoms. The summed E-state index contributed by atoms with van der Waals surface area (Å²) in [6.45, 7) is 0.350. The van der Waals surface area contributed by atoms with E-state index in [0.717, 1.165) is 18.4 Å². The van der Waals surface area contributed by atoms with Crippen LogP contribution in [-0.2, 0) is 14.3 Å². The van der Waals surface area contributed by atoms with Gasteiger partial charge in [0.2, 0.25) is 5.91 Å². The molecule has 1 fully saturated rings. The van der Waals surface area contributed by atoms with Crippen molar-refractivity contribution in [3.63, 3.8) is 0 Å². The molecule has 1 aromatic carbocycles. The van der Waals surface area contributed by atoms with Crippen LogP contribution < -0.4 is 0 Å². The molecule has 1 amide bonds. The number of rotatable bonds is 4. The highest BCUT2D eigenvalue weighted by Crippen LogP contribution is 2.34. The van der Waals surface area contributed by atoms with Gasteiger partial charge in [-0.05, 0) is 18.4 Å². The lowest BCUT2D eigenvalue weighted by atomic mass is 9.88. The number of amides is 1. The Balaban J connectivity index is 2.15. The second kappa shape index (κ2) is 6.52. The number of ether oxygens (including phenoxy) is 1. The maximum Gasteiger partial charge on any atom is 0.323 e. The molecule has 1 heterocycles. The predicted molar refractivity (Wildman–Crippen MR) is 73.1 cm³/mol. The van der Waals surface area contributed by atoms with Crippen LogP contribution in [-0.4, -0.2) is 42.1 Å². The molecule has 1 aromatic rings. The van der Waals surface area contributed by atoms with Crippen LogP contribution in [0, 0.1) is 5.92 Å². The molecule has 0 spiro atoms. The molecule has 1 saturated heterocycles. The summed E-state index contributed by atoms with van der Waals surface area (Å²) in [5.74, 6) is -1.48. The van der Waals surface area contributed by atoms with Crippen molar-refractivity contribution in [2.45, 2.75) is 18.9 Å². The number of carbonyl (C=O) groups is 2. The number of hydrogen-bond acceptors (Lipinski definition) is 3. The van der Waals surface area contributed by atoms with Crippen molar-refractivity contribution in [1.29, 1.82) is 0 Å². The average molecular weight is 277 g/mol. The molecule has 0 aromatic heterocycles. The Morgan fingerprint density at radius 2 is 2.05 bits per heavy atom. The van der Waals surface area contributed by atoms with E-state index in [1.807, 2.05) is 30.3 Å². The minimum Gasteiger partial charge on any atom is -0.480 e. The maximum absolute atomic E-state index is 12.4. The van der Waals surface area contributed by atoms with Gasteiger partial charge in [-0.3, -0.25) is 9.59 Å². The molecule has 0 bridgehead atoms. The molecule has 0 unspecified atom stereocenters. The van der Waals surface area contributed by atoms with Crippen molar-refractivity contribution in [3.8, 4) is 0 Å². The summed E-state index contributed by atoms with van der Waals surface area (Å²) in [5.41, 5.74) is 0.967. The van der Waals surface area contributed by atoms with Gasteiger partial charge in [-0.2, -0.15) is 0 Å². The molecule has 1 aliphatic rings. The smallest absolute Gasteiger partial charge is 0.323 e. The van der Waals surface area contributed by atoms with Gasteiger partial charge in [-0.15, -0.1) is 0 Å². The standard InChI is InChI=1S/C15H19NO4/c1-16(10-13(17)18)15(19)12-8-5-9-20-14(12)11-6-3-2-4-7-11/h2-4,6-7,12,14H,5,8-10H2,1H3,(H,17,18)/t12-,14-/m0/s1. The maximum atomic E-state index is 12.4. The SMILES string of the molecule is CN(CC(=O)O)C(=O)[C@H]1CCCO[C@H]1c1ccccc1. The molecular weight excluding hydrogens is 258 g/mol. The van der Waals surface area contributed by atoms with Crippen LogP contribution in [0.2, 0.25) is 0 Å². The Bertz CT molecular complexity index is 474. The zero-order valence-corrected chi connectivity index (χ0v) is 11.5. The number of carboxylic acid groups (broad SMARTS) is 1. The first-order valence-corrected chi connectivity index (χ1v) is 6.73. The third kappa shape index (κ3) is 3.36. The van der Waals surface area contributed by atoms with Gasteiger partial charge in [-0.25, -0.2) is 0 Å². The molecule has 2 atom stereocenters. The minimum absolute atomic E-state index is 0.166. The van der Waals surface area contributed by atoms with Crippen LogP contribution in [0.25, 0.3) is 0 Å². The highest BCUT2D eigenvalue weighted by atomic mass is 16.5. The molecule has 0 radical (unpaired) electrons. The number of hydrogen-bond donors (Lipinski definition) is 1. The van der Waals surface area contributed by atoms with Crippen LogP contribution in [0.15, 0.2) is 30.3 Å². The van der Waals surface area contributed by atoms with E-state index in [2.05, 4.69) is 0 Å². The van der Waals surface area contributed by atoms with Crippen LogP contribution in [0.5, 0.6) is 0 Å². The highest BCUT2D eigenvalue weighted by molar-refractivity contribution is 5.83. The fraction of sp³-hybridized carbons (Fsp3) is 0.467. The summed E-state index contributed by atoms with van der Waals surface area (Å²) in [7, 11) is 1.52. The summed E-state index contributed by atoms with van der Waals surface area (Å²) >= 11 is 0. The van der Waals surface area contributed by atoms with E-state index in [9.17, 15) is 9.59 Å². The molecule has 2 rings (SSSR count). The lowest BCUT2D eigenvalue weighted by Gasteiger charge is -2.33. The second-order valence-corrected chi connectivity index (χ2v) is 5.04. The third-order valence-corrected chi connectivity index (χ3v) is 3.52. The van der Waals surface area contributed by atoms with Crippen LogP contribution in [0.1, 0.15) is 24.5 Å². The molecule has 5 nitrogen and oxygen atoms in total. The minimum atomic E-state index is -1.01. The molecule has 0 saturated carbocycles. The lowest BCUT2D eigenvalue weighted by molar-refractivity contribution is -0.150. The van der Waals surface area contributed by atoms with Gasteiger partial charge in [0.05, 0.1) is 12.0 Å². The first kappa shape index (κ1) is 14.5. The first-order chi connectivity index (χ1) is 9.59. The largest absolute Gasteiger partial charge is 0.480 e. The monoisotopic (exact) mass is 277 g/mol. The molecule has 5 heteroatoms. The van der Waals surface area contributed by atoms with Crippen molar-refractivity contribution in [2.75, 3.05) is 20.2 Å². The van der Waals surface area contributed by atoms with E-state index >= 15 is 0 Å². The molecule has 1 N–H and O–H groups in total. The van der Waals surface area contributed by atoms with Crippen LogP contribution >= 0.6 is 0 Å². The third-order valence-electron chi connectivity index (χ3n) is 3.52. The number of benzene rings is 1. The summed E-state index contributed by atoms with van der Waals surface area (Å²) in [4.78, 5) is 24.4. The van der Waals surface area contributed by atoms with Gasteiger partial charge >= 0.3 is 5.97 Å². The van der Waals surface area contributed by atoms with E-state index < -0.39 is 5.97 Å². The van der Waals surface area contributed by atoms with E-state index in [-0.39, 0.29) is 24.5 Å². The van der Waals surface area contributed by atoms with Gasteiger partial charge in [0.25, 0.3) is 0 Å². The van der Waals surface area contributed by atoms with E-state index in [1.54, 1.807) is 0 Å². The molecular formula is C15H19NO4. The Morgan fingerprint density at radius 1 is 1.35 bits per heavy atom. The number of nitrogens with zero attached hydrogens (tertiary/aromatic N) is 1. The topological polar surface area (TPSA) is 66.8 Å². The van der Waals surface area contributed by atoms with Gasteiger partial charge in [-0.1, -0.05) is 30.3 Å². The van der Waals surface area contributed by atoms with E-state index in [0.29, 0.717) is 6.61 Å². The van der Waals surface area contributed by atoms with E-state index in [4.69, 9.17) is 9.84 Å². The predicted octanol–water partition coefficient (Wildman–Crippen LogP) is 1.70. The van der Waals surface area contributed by atoms with Crippen molar-refractivity contribution in [3.05, 3.63) is 35.9 Å². The quantitative estimate of drug-likeness (QED) is 0.909. The average Bonchev–Trinajstić information content (AvgIpc) is 2.46. The number of carbonyl (C=O) groups excluding carboxylic acids is 1. The first-order valence-electron chi connectivity index (χ1n) is 6.73. The van der Waals surface area contributed by atoms with Crippen molar-refractivity contribution >= 4 is 11.9 Å². The van der Waals surface area contributed by atoms with E-state index in [1.165, 1.54) is 11.9 Å². The fourth-order valence-corrected chi connectivity index (χ4v) is 2.57. The van der Waals surface area contributed by atoms with Crippen molar-refractivity contribution < 1.29 is 19.4 Å². The Morgan fingerprint density at radius 3 is 2.70 bits per heavy atom. The Kier molecular flexibility index (Phi) is 4.74. The normalized spacial score (nSPS) is 22.2. The Labute approximate surface area is 118 Å². The van der Waals surface area contributed by atoms with Gasteiger partial charge in [0.1, 0.15) is 6.54 Å². The van der Waals surface area contributed by atoms with Crippen molar-refractivity contribution in [1.82, 2.24) is 4.90 Å². The number of aliphatic carboxylic acids is 1. The summed E-state index contributed by atoms with van der Waals surface area (Å²) < 4.78 is 5.76. The second-order valence-electron chi connectivity index (χ2n) is 5.04. The summed E-state index contributed by atoms with van der Waals surface area (Å²) in [5, 5.41) is 8.79. The van der Waals surface area contributed by atoms with Crippen molar-refractivity contribution in [2.24, 2.45) is 5.92 Å². The van der Waals surface area contributed by atoms with Crippen LogP contribution in [0.3, 0.4) is 0 Å². The van der Waals surface area contributed by atoms with Gasteiger partial charge in [0.15, 0.2) is 0 Å². The summed E-state index contributed by atoms with van der Waals surface area (Å²) in [6, 6.07) is 9.62. The van der Waals surface area contributed by atoms with Crippen LogP contribution in [0.4, 0.5) is 0 Å². The Hall–Kier alpha value is -1.88. The zero-order valence-electron chi connectivity index (χ0n) is 11.5. The lowest BCUT2D eigenvalue weighted by Crippen LogP contribution is -2.41. The zero-order chi connectivity index (χ0) is 14.5. The van der Waals surface area contributed by atoms with Gasteiger partial charge in [0, 0.05) is 13.7 Å².